The van der Waals surface area contributed by atoms with Crippen LogP contribution in [0.2, 0.25) is 0 Å². The van der Waals surface area contributed by atoms with Crippen molar-refractivity contribution in [2.24, 2.45) is 5.92 Å². The Balaban J connectivity index is 2.36. The van der Waals surface area contributed by atoms with Crippen LogP contribution in [0, 0.1) is 19.8 Å². The maximum atomic E-state index is 5.70. The van der Waals surface area contributed by atoms with E-state index in [-0.39, 0.29) is 0 Å². The molecule has 1 aromatic heterocycles. The first-order chi connectivity index (χ1) is 6.18. The molecule has 1 aliphatic heterocycles. The lowest BCUT2D eigenvalue weighted by atomic mass is 10.2. The zero-order valence-corrected chi connectivity index (χ0v) is 9.03. The number of rotatable bonds is 0. The monoisotopic (exact) mass is 198 g/mol. The van der Waals surface area contributed by atoms with Gasteiger partial charge in [0.15, 0.2) is 11.5 Å². The molecule has 1 aromatic rings. The van der Waals surface area contributed by atoms with Gasteiger partial charge in [0.25, 0.3) is 0 Å². The quantitative estimate of drug-likeness (QED) is 0.638. The first kappa shape index (κ1) is 8.88. The van der Waals surface area contributed by atoms with Crippen molar-refractivity contribution in [3.8, 4) is 11.5 Å². The predicted molar refractivity (Wildman–Crippen MR) is 53.9 cm³/mol. The minimum absolute atomic E-state index is 0.483. The topological polar surface area (TPSA) is 18.5 Å². The standard InChI is InChI=1S/C10H14O2S/c1-6-4-11-9-7(2)13-8(3)10(9)12-5-6/h6H,4-5H2,1-3H3. The predicted octanol–water partition coefficient (Wildman–Crippen LogP) is 2.77. The summed E-state index contributed by atoms with van der Waals surface area (Å²) in [7, 11) is 0. The number of thiophene rings is 1. The molecular formula is C10H14O2S. The van der Waals surface area contributed by atoms with E-state index in [0.717, 1.165) is 24.7 Å². The minimum atomic E-state index is 0.483. The zero-order chi connectivity index (χ0) is 9.42. The molecular weight excluding hydrogens is 184 g/mol. The fraction of sp³-hybridized carbons (Fsp3) is 0.600. The van der Waals surface area contributed by atoms with Crippen LogP contribution in [0.1, 0.15) is 16.7 Å². The summed E-state index contributed by atoms with van der Waals surface area (Å²) in [5.74, 6) is 2.41. The second kappa shape index (κ2) is 3.22. The molecule has 0 unspecified atom stereocenters. The molecule has 0 radical (unpaired) electrons. The first-order valence-electron chi connectivity index (χ1n) is 4.54. The van der Waals surface area contributed by atoms with E-state index in [1.54, 1.807) is 11.3 Å². The van der Waals surface area contributed by atoms with Gasteiger partial charge in [-0.1, -0.05) is 6.92 Å². The molecule has 0 saturated heterocycles. The average Bonchev–Trinajstić information content (AvgIpc) is 2.27. The van der Waals surface area contributed by atoms with Crippen molar-refractivity contribution in [3.63, 3.8) is 0 Å². The van der Waals surface area contributed by atoms with Crippen LogP contribution in [0.3, 0.4) is 0 Å². The van der Waals surface area contributed by atoms with E-state index in [1.165, 1.54) is 9.75 Å². The van der Waals surface area contributed by atoms with E-state index in [2.05, 4.69) is 20.8 Å². The molecule has 0 fully saturated rings. The smallest absolute Gasteiger partial charge is 0.175 e. The molecule has 3 heteroatoms. The highest BCUT2D eigenvalue weighted by atomic mass is 32.1. The Hall–Kier alpha value is -0.700. The van der Waals surface area contributed by atoms with Crippen LogP contribution >= 0.6 is 11.3 Å². The fourth-order valence-corrected chi connectivity index (χ4v) is 2.42. The van der Waals surface area contributed by atoms with Gasteiger partial charge in [-0.2, -0.15) is 0 Å². The van der Waals surface area contributed by atoms with Crippen LogP contribution in [-0.4, -0.2) is 13.2 Å². The van der Waals surface area contributed by atoms with Crippen LogP contribution in [0.25, 0.3) is 0 Å². The van der Waals surface area contributed by atoms with Crippen LogP contribution < -0.4 is 9.47 Å². The molecule has 2 heterocycles. The molecule has 0 aliphatic carbocycles. The minimum Gasteiger partial charge on any atom is -0.488 e. The van der Waals surface area contributed by atoms with Crippen LogP contribution in [-0.2, 0) is 0 Å². The normalized spacial score (nSPS) is 17.2. The molecule has 1 aliphatic rings. The third-order valence-electron chi connectivity index (χ3n) is 2.18. The Morgan fingerprint density at radius 1 is 1.08 bits per heavy atom. The Labute approximate surface area is 82.5 Å². The first-order valence-corrected chi connectivity index (χ1v) is 5.35. The molecule has 0 amide bonds. The van der Waals surface area contributed by atoms with Gasteiger partial charge < -0.3 is 9.47 Å². The molecule has 0 aromatic carbocycles. The third-order valence-corrected chi connectivity index (χ3v) is 3.16. The summed E-state index contributed by atoms with van der Waals surface area (Å²) in [4.78, 5) is 2.45. The summed E-state index contributed by atoms with van der Waals surface area (Å²) in [5.41, 5.74) is 0. The van der Waals surface area contributed by atoms with Crippen LogP contribution in [0.15, 0.2) is 0 Å². The molecule has 13 heavy (non-hydrogen) atoms. The van der Waals surface area contributed by atoms with Gasteiger partial charge in [-0.05, 0) is 13.8 Å². The van der Waals surface area contributed by atoms with Crippen molar-refractivity contribution >= 4 is 11.3 Å². The largest absolute Gasteiger partial charge is 0.488 e. The van der Waals surface area contributed by atoms with Crippen molar-refractivity contribution in [3.05, 3.63) is 9.75 Å². The van der Waals surface area contributed by atoms with Crippen molar-refractivity contribution in [1.82, 2.24) is 0 Å². The van der Waals surface area contributed by atoms with Crippen molar-refractivity contribution in [2.75, 3.05) is 13.2 Å². The SMILES string of the molecule is Cc1sc(C)c2c1OCC(C)CO2. The Morgan fingerprint density at radius 2 is 1.54 bits per heavy atom. The fourth-order valence-electron chi connectivity index (χ4n) is 1.48. The third kappa shape index (κ3) is 1.53. The van der Waals surface area contributed by atoms with Gasteiger partial charge in [-0.3, -0.25) is 0 Å². The van der Waals surface area contributed by atoms with Gasteiger partial charge in [0, 0.05) is 15.7 Å². The van der Waals surface area contributed by atoms with Crippen LogP contribution in [0.4, 0.5) is 0 Å². The second-order valence-electron chi connectivity index (χ2n) is 3.60. The molecule has 0 saturated carbocycles. The summed E-state index contributed by atoms with van der Waals surface area (Å²) in [6.45, 7) is 7.83. The van der Waals surface area contributed by atoms with Gasteiger partial charge >= 0.3 is 0 Å². The molecule has 0 N–H and O–H groups in total. The molecule has 2 nitrogen and oxygen atoms in total. The van der Waals surface area contributed by atoms with Gasteiger partial charge in [0.1, 0.15) is 0 Å². The van der Waals surface area contributed by atoms with Gasteiger partial charge in [-0.15, -0.1) is 11.3 Å². The average molecular weight is 198 g/mol. The van der Waals surface area contributed by atoms with E-state index in [1.807, 2.05) is 0 Å². The Kier molecular flexibility index (Phi) is 2.20. The van der Waals surface area contributed by atoms with Gasteiger partial charge in [-0.25, -0.2) is 0 Å². The lowest BCUT2D eigenvalue weighted by Crippen LogP contribution is -2.12. The Bertz CT molecular complexity index is 288. The molecule has 2 rings (SSSR count). The highest BCUT2D eigenvalue weighted by Gasteiger charge is 2.20. The van der Waals surface area contributed by atoms with E-state index in [0.29, 0.717) is 5.92 Å². The van der Waals surface area contributed by atoms with Gasteiger partial charge in [0.05, 0.1) is 13.2 Å². The zero-order valence-electron chi connectivity index (χ0n) is 8.22. The maximum absolute atomic E-state index is 5.70. The number of hydrogen-bond acceptors (Lipinski definition) is 3. The molecule has 0 atom stereocenters. The number of aryl methyl sites for hydroxylation is 2. The lowest BCUT2D eigenvalue weighted by Gasteiger charge is -2.05. The van der Waals surface area contributed by atoms with Crippen molar-refractivity contribution in [1.29, 1.82) is 0 Å². The highest BCUT2D eigenvalue weighted by molar-refractivity contribution is 7.12. The van der Waals surface area contributed by atoms with Crippen LogP contribution in [0.5, 0.6) is 11.5 Å². The molecule has 0 spiro atoms. The Morgan fingerprint density at radius 3 is 2.00 bits per heavy atom. The van der Waals surface area contributed by atoms with Crippen molar-refractivity contribution < 1.29 is 9.47 Å². The lowest BCUT2D eigenvalue weighted by molar-refractivity contribution is 0.227. The van der Waals surface area contributed by atoms with E-state index in [9.17, 15) is 0 Å². The summed E-state index contributed by atoms with van der Waals surface area (Å²) in [6, 6.07) is 0. The second-order valence-corrected chi connectivity index (χ2v) is 5.03. The van der Waals surface area contributed by atoms with E-state index < -0.39 is 0 Å². The van der Waals surface area contributed by atoms with Crippen molar-refractivity contribution in [2.45, 2.75) is 20.8 Å². The van der Waals surface area contributed by atoms with E-state index >= 15 is 0 Å². The number of hydrogen-bond donors (Lipinski definition) is 0. The summed E-state index contributed by atoms with van der Waals surface area (Å²) in [5, 5.41) is 0. The summed E-state index contributed by atoms with van der Waals surface area (Å²) < 4.78 is 11.4. The van der Waals surface area contributed by atoms with E-state index in [4.69, 9.17) is 9.47 Å². The summed E-state index contributed by atoms with van der Waals surface area (Å²) in [6.07, 6.45) is 0. The molecule has 72 valence electrons. The van der Waals surface area contributed by atoms with Gasteiger partial charge in [0.2, 0.25) is 0 Å². The maximum Gasteiger partial charge on any atom is 0.175 e. The molecule has 0 bridgehead atoms. The summed E-state index contributed by atoms with van der Waals surface area (Å²) >= 11 is 1.75. The number of fused-ring (bicyclic) bond motifs is 1. The highest BCUT2D eigenvalue weighted by Crippen LogP contribution is 2.42. The number of ether oxygens (including phenoxy) is 2.